The second-order valence-electron chi connectivity index (χ2n) is 5.39. The molecule has 0 aromatic rings. The van der Waals surface area contributed by atoms with Crippen molar-refractivity contribution in [3.8, 4) is 0 Å². The molecule has 0 aliphatic carbocycles. The lowest BCUT2D eigenvalue weighted by Gasteiger charge is -2.39. The fraction of sp³-hybridized carbons (Fsp3) is 0.733. The van der Waals surface area contributed by atoms with Crippen LogP contribution in [-0.2, 0) is 14.4 Å². The van der Waals surface area contributed by atoms with E-state index in [1.165, 1.54) is 0 Å². The van der Waals surface area contributed by atoms with Crippen LogP contribution < -0.4 is 0 Å². The summed E-state index contributed by atoms with van der Waals surface area (Å²) in [6, 6.07) is 0. The first-order chi connectivity index (χ1) is 10.1. The Morgan fingerprint density at radius 2 is 2.14 bits per heavy atom. The van der Waals surface area contributed by atoms with Gasteiger partial charge in [0.05, 0.1) is 5.71 Å². The fourth-order valence-corrected chi connectivity index (χ4v) is 3.93. The third-order valence-electron chi connectivity index (χ3n) is 3.77. The molecule has 2 aliphatic heterocycles. The van der Waals surface area contributed by atoms with Crippen LogP contribution in [0.4, 0.5) is 0 Å². The van der Waals surface area contributed by atoms with Crippen molar-refractivity contribution in [3.63, 3.8) is 0 Å². The standard InChI is InChI=1S/C15H23NO4S/c1-3-5-11(16-19-4-2)13-12(17)10-15(20-14(13)18)6-8-21-9-7-15/h17H,3-10H2,1-2H3/b16-11+. The number of aliphatic hydroxyl groups is 1. The summed E-state index contributed by atoms with van der Waals surface area (Å²) < 4.78 is 5.70. The number of esters is 1. The summed E-state index contributed by atoms with van der Waals surface area (Å²) in [5.41, 5.74) is 0.176. The molecular formula is C15H23NO4S. The molecular weight excluding hydrogens is 290 g/mol. The smallest absolute Gasteiger partial charge is 0.344 e. The van der Waals surface area contributed by atoms with Gasteiger partial charge in [0.2, 0.25) is 0 Å². The van der Waals surface area contributed by atoms with Gasteiger partial charge in [0.15, 0.2) is 0 Å². The predicted molar refractivity (Wildman–Crippen MR) is 83.6 cm³/mol. The van der Waals surface area contributed by atoms with Crippen molar-refractivity contribution >= 4 is 23.4 Å². The number of hydrogen-bond donors (Lipinski definition) is 1. The van der Waals surface area contributed by atoms with E-state index in [2.05, 4.69) is 5.16 Å². The van der Waals surface area contributed by atoms with Crippen molar-refractivity contribution in [2.24, 2.45) is 5.16 Å². The first-order valence-corrected chi connectivity index (χ1v) is 8.69. The van der Waals surface area contributed by atoms with Crippen molar-refractivity contribution in [3.05, 3.63) is 11.3 Å². The summed E-state index contributed by atoms with van der Waals surface area (Å²) in [5, 5.41) is 14.4. The second-order valence-corrected chi connectivity index (χ2v) is 6.61. The lowest BCUT2D eigenvalue weighted by Crippen LogP contribution is -2.44. The Balaban J connectivity index is 2.25. The Bertz CT molecular complexity index is 453. The summed E-state index contributed by atoms with van der Waals surface area (Å²) in [6.45, 7) is 4.25. The minimum Gasteiger partial charge on any atom is -0.511 e. The van der Waals surface area contributed by atoms with Crippen molar-refractivity contribution < 1.29 is 19.5 Å². The van der Waals surface area contributed by atoms with Gasteiger partial charge in [0.25, 0.3) is 0 Å². The molecule has 6 heteroatoms. The van der Waals surface area contributed by atoms with Crippen LogP contribution in [0.2, 0.25) is 0 Å². The Kier molecular flexibility index (Phi) is 5.56. The van der Waals surface area contributed by atoms with Crippen LogP contribution in [0.1, 0.15) is 46.0 Å². The van der Waals surface area contributed by atoms with E-state index in [1.54, 1.807) is 0 Å². The summed E-state index contributed by atoms with van der Waals surface area (Å²) >= 11 is 1.86. The average Bonchev–Trinajstić information content (AvgIpc) is 2.44. The molecule has 1 N–H and O–H groups in total. The summed E-state index contributed by atoms with van der Waals surface area (Å²) in [6.07, 6.45) is 3.39. The molecule has 2 rings (SSSR count). The summed E-state index contributed by atoms with van der Waals surface area (Å²) in [5.74, 6) is 1.57. The monoisotopic (exact) mass is 313 g/mol. The van der Waals surface area contributed by atoms with Gasteiger partial charge in [-0.25, -0.2) is 4.79 Å². The molecule has 0 aromatic heterocycles. The third kappa shape index (κ3) is 3.73. The normalized spacial score (nSPS) is 22.4. The van der Waals surface area contributed by atoms with Gasteiger partial charge in [-0.2, -0.15) is 11.8 Å². The van der Waals surface area contributed by atoms with Crippen molar-refractivity contribution in [1.29, 1.82) is 0 Å². The number of thioether (sulfide) groups is 1. The zero-order valence-corrected chi connectivity index (χ0v) is 13.5. The zero-order chi connectivity index (χ0) is 15.3. The largest absolute Gasteiger partial charge is 0.511 e. The summed E-state index contributed by atoms with van der Waals surface area (Å²) in [4.78, 5) is 17.4. The highest BCUT2D eigenvalue weighted by Gasteiger charge is 2.44. The van der Waals surface area contributed by atoms with Crippen LogP contribution in [0.25, 0.3) is 0 Å². The number of ether oxygens (including phenoxy) is 1. The molecule has 1 saturated heterocycles. The predicted octanol–water partition coefficient (Wildman–Crippen LogP) is 3.20. The maximum Gasteiger partial charge on any atom is 0.344 e. The highest BCUT2D eigenvalue weighted by Crippen LogP contribution is 2.39. The highest BCUT2D eigenvalue weighted by atomic mass is 32.2. The zero-order valence-electron chi connectivity index (χ0n) is 12.7. The van der Waals surface area contributed by atoms with Gasteiger partial charge in [-0.05, 0) is 37.7 Å². The Hall–Kier alpha value is -1.17. The minimum absolute atomic E-state index is 0.102. The van der Waals surface area contributed by atoms with Crippen LogP contribution >= 0.6 is 11.8 Å². The molecule has 21 heavy (non-hydrogen) atoms. The quantitative estimate of drug-likeness (QED) is 0.479. The van der Waals surface area contributed by atoms with Gasteiger partial charge in [0, 0.05) is 6.42 Å². The molecule has 2 heterocycles. The first kappa shape index (κ1) is 16.2. The van der Waals surface area contributed by atoms with Gasteiger partial charge in [-0.1, -0.05) is 18.5 Å². The molecule has 1 spiro atoms. The SMILES string of the molecule is CCC/C(=N\OCC)C1=C(O)CC2(CCSCC2)OC1=O. The number of hydrogen-bond acceptors (Lipinski definition) is 6. The van der Waals surface area contributed by atoms with E-state index in [4.69, 9.17) is 9.57 Å². The van der Waals surface area contributed by atoms with Crippen molar-refractivity contribution in [2.75, 3.05) is 18.1 Å². The van der Waals surface area contributed by atoms with E-state index < -0.39 is 11.6 Å². The molecule has 0 radical (unpaired) electrons. The summed E-state index contributed by atoms with van der Waals surface area (Å²) in [7, 11) is 0. The van der Waals surface area contributed by atoms with E-state index >= 15 is 0 Å². The van der Waals surface area contributed by atoms with E-state index in [9.17, 15) is 9.90 Å². The Labute approximate surface area is 129 Å². The number of aliphatic hydroxyl groups excluding tert-OH is 1. The van der Waals surface area contributed by atoms with Gasteiger partial charge < -0.3 is 14.7 Å². The van der Waals surface area contributed by atoms with Gasteiger partial charge >= 0.3 is 5.97 Å². The molecule has 2 aliphatic rings. The molecule has 1 fully saturated rings. The molecule has 0 atom stereocenters. The number of oxime groups is 1. The molecule has 0 saturated carbocycles. The minimum atomic E-state index is -0.515. The van der Waals surface area contributed by atoms with Crippen LogP contribution in [0.15, 0.2) is 16.5 Å². The second kappa shape index (κ2) is 7.20. The fourth-order valence-electron chi connectivity index (χ4n) is 2.70. The van der Waals surface area contributed by atoms with Crippen molar-refractivity contribution in [1.82, 2.24) is 0 Å². The molecule has 5 nitrogen and oxygen atoms in total. The van der Waals surface area contributed by atoms with Gasteiger partial charge in [-0.15, -0.1) is 0 Å². The van der Waals surface area contributed by atoms with E-state index in [0.29, 0.717) is 25.2 Å². The van der Waals surface area contributed by atoms with Crippen LogP contribution in [0.3, 0.4) is 0 Å². The first-order valence-electron chi connectivity index (χ1n) is 7.54. The van der Waals surface area contributed by atoms with Crippen LogP contribution in [0, 0.1) is 0 Å². The maximum atomic E-state index is 12.4. The number of rotatable bonds is 5. The van der Waals surface area contributed by atoms with Gasteiger partial charge in [0.1, 0.15) is 23.5 Å². The molecule has 118 valence electrons. The lowest BCUT2D eigenvalue weighted by atomic mass is 9.86. The maximum absolute atomic E-state index is 12.4. The van der Waals surface area contributed by atoms with E-state index in [-0.39, 0.29) is 11.3 Å². The lowest BCUT2D eigenvalue weighted by molar-refractivity contribution is -0.158. The highest BCUT2D eigenvalue weighted by molar-refractivity contribution is 7.99. The number of carbonyl (C=O) groups is 1. The number of nitrogens with zero attached hydrogens (tertiary/aromatic N) is 1. The number of carbonyl (C=O) groups excluding carboxylic acids is 1. The topological polar surface area (TPSA) is 68.1 Å². The van der Waals surface area contributed by atoms with E-state index in [1.807, 2.05) is 25.6 Å². The van der Waals surface area contributed by atoms with Crippen molar-refractivity contribution in [2.45, 2.75) is 51.6 Å². The molecule has 0 amide bonds. The average molecular weight is 313 g/mol. The molecule has 0 bridgehead atoms. The van der Waals surface area contributed by atoms with E-state index in [0.717, 1.165) is 30.8 Å². The van der Waals surface area contributed by atoms with Crippen LogP contribution in [0.5, 0.6) is 0 Å². The molecule has 0 aromatic carbocycles. The van der Waals surface area contributed by atoms with Crippen LogP contribution in [-0.4, -0.2) is 40.5 Å². The molecule has 0 unspecified atom stereocenters. The Morgan fingerprint density at radius 1 is 1.43 bits per heavy atom. The van der Waals surface area contributed by atoms with Gasteiger partial charge in [-0.3, -0.25) is 0 Å². The third-order valence-corrected chi connectivity index (χ3v) is 4.76. The Morgan fingerprint density at radius 3 is 2.71 bits per heavy atom.